The fourth-order valence-corrected chi connectivity index (χ4v) is 1.53. The highest BCUT2D eigenvalue weighted by atomic mass is 16.5. The Morgan fingerprint density at radius 2 is 2.08 bits per heavy atom. The predicted octanol–water partition coefficient (Wildman–Crippen LogP) is -0.0658. The number of rotatable bonds is 4. The van der Waals surface area contributed by atoms with E-state index in [4.69, 9.17) is 9.84 Å². The number of nitrogens with zero attached hydrogens (tertiary/aromatic N) is 1. The van der Waals surface area contributed by atoms with Crippen LogP contribution in [0.5, 0.6) is 0 Å². The van der Waals surface area contributed by atoms with Gasteiger partial charge in [0.2, 0.25) is 0 Å². The molecular weight excluding hydrogens is 158 g/mol. The molecule has 2 aliphatic rings. The van der Waals surface area contributed by atoms with Gasteiger partial charge in [0.05, 0.1) is 25.8 Å². The van der Waals surface area contributed by atoms with Crippen molar-refractivity contribution < 1.29 is 14.6 Å². The molecule has 0 aromatic heterocycles. The zero-order valence-electron chi connectivity index (χ0n) is 6.90. The van der Waals surface area contributed by atoms with Crippen LogP contribution in [0.15, 0.2) is 0 Å². The van der Waals surface area contributed by atoms with Crippen molar-refractivity contribution in [2.45, 2.75) is 24.9 Å². The average molecular weight is 171 g/mol. The molecule has 2 fully saturated rings. The van der Waals surface area contributed by atoms with Crippen LogP contribution in [-0.2, 0) is 9.53 Å². The molecule has 4 heteroatoms. The topological polar surface area (TPSA) is 49.8 Å². The van der Waals surface area contributed by atoms with Crippen LogP contribution in [0.4, 0.5) is 0 Å². The Bertz CT molecular complexity index is 187. The molecule has 0 amide bonds. The minimum Gasteiger partial charge on any atom is -0.480 e. The second-order valence-electron chi connectivity index (χ2n) is 3.49. The van der Waals surface area contributed by atoms with Gasteiger partial charge in [-0.15, -0.1) is 0 Å². The van der Waals surface area contributed by atoms with Gasteiger partial charge in [0.25, 0.3) is 0 Å². The minimum absolute atomic E-state index is 0.179. The minimum atomic E-state index is -0.728. The molecule has 0 unspecified atom stereocenters. The number of aliphatic carboxylic acids is 1. The molecule has 68 valence electrons. The van der Waals surface area contributed by atoms with E-state index in [0.717, 1.165) is 12.8 Å². The molecular formula is C8H13NO3. The smallest absolute Gasteiger partial charge is 0.317 e. The summed E-state index contributed by atoms with van der Waals surface area (Å²) in [6.45, 7) is 1.60. The SMILES string of the molecule is O=C(O)CN(C1CC1)C1COC1. The lowest BCUT2D eigenvalue weighted by Crippen LogP contribution is -2.51. The van der Waals surface area contributed by atoms with Crippen LogP contribution >= 0.6 is 0 Å². The number of hydrogen-bond acceptors (Lipinski definition) is 3. The number of carboxylic acid groups (broad SMARTS) is 1. The van der Waals surface area contributed by atoms with Gasteiger partial charge in [0, 0.05) is 6.04 Å². The molecule has 1 aliphatic heterocycles. The predicted molar refractivity (Wildman–Crippen MR) is 42.0 cm³/mol. The largest absolute Gasteiger partial charge is 0.480 e. The first-order valence-corrected chi connectivity index (χ1v) is 4.32. The summed E-state index contributed by atoms with van der Waals surface area (Å²) >= 11 is 0. The van der Waals surface area contributed by atoms with Crippen molar-refractivity contribution in [3.8, 4) is 0 Å². The van der Waals surface area contributed by atoms with Crippen LogP contribution < -0.4 is 0 Å². The van der Waals surface area contributed by atoms with Gasteiger partial charge >= 0.3 is 5.97 Å². The van der Waals surface area contributed by atoms with Crippen molar-refractivity contribution in [2.75, 3.05) is 19.8 Å². The number of carbonyl (C=O) groups is 1. The third kappa shape index (κ3) is 1.59. The maximum Gasteiger partial charge on any atom is 0.317 e. The summed E-state index contributed by atoms with van der Waals surface area (Å²) in [4.78, 5) is 12.6. The molecule has 1 saturated heterocycles. The van der Waals surface area contributed by atoms with E-state index >= 15 is 0 Å². The second kappa shape index (κ2) is 3.03. The Labute approximate surface area is 71.1 Å². The highest BCUT2D eigenvalue weighted by Gasteiger charge is 2.38. The van der Waals surface area contributed by atoms with Gasteiger partial charge in [-0.3, -0.25) is 9.69 Å². The first kappa shape index (κ1) is 8.01. The van der Waals surface area contributed by atoms with E-state index in [-0.39, 0.29) is 6.54 Å². The molecule has 0 atom stereocenters. The molecule has 1 aliphatic carbocycles. The van der Waals surface area contributed by atoms with E-state index in [2.05, 4.69) is 4.90 Å². The van der Waals surface area contributed by atoms with Crippen molar-refractivity contribution in [1.29, 1.82) is 0 Å². The Morgan fingerprint density at radius 3 is 2.42 bits per heavy atom. The van der Waals surface area contributed by atoms with Crippen LogP contribution in [0.1, 0.15) is 12.8 Å². The lowest BCUT2D eigenvalue weighted by atomic mass is 10.2. The molecule has 1 N–H and O–H groups in total. The van der Waals surface area contributed by atoms with Gasteiger partial charge in [-0.25, -0.2) is 0 Å². The Kier molecular flexibility index (Phi) is 2.02. The van der Waals surface area contributed by atoms with Gasteiger partial charge in [0.1, 0.15) is 0 Å². The first-order chi connectivity index (χ1) is 5.77. The van der Waals surface area contributed by atoms with E-state index < -0.39 is 5.97 Å². The molecule has 1 heterocycles. The van der Waals surface area contributed by atoms with Crippen LogP contribution in [-0.4, -0.2) is 47.8 Å². The monoisotopic (exact) mass is 171 g/mol. The van der Waals surface area contributed by atoms with Gasteiger partial charge in [-0.05, 0) is 12.8 Å². The molecule has 4 nitrogen and oxygen atoms in total. The molecule has 0 bridgehead atoms. The molecule has 0 radical (unpaired) electrons. The maximum atomic E-state index is 10.5. The fraction of sp³-hybridized carbons (Fsp3) is 0.875. The van der Waals surface area contributed by atoms with E-state index in [0.29, 0.717) is 25.3 Å². The molecule has 2 rings (SSSR count). The van der Waals surface area contributed by atoms with E-state index in [1.165, 1.54) is 0 Å². The van der Waals surface area contributed by atoms with Crippen molar-refractivity contribution in [2.24, 2.45) is 0 Å². The van der Waals surface area contributed by atoms with Crippen LogP contribution in [0.25, 0.3) is 0 Å². The third-order valence-electron chi connectivity index (χ3n) is 2.42. The summed E-state index contributed by atoms with van der Waals surface area (Å²) in [7, 11) is 0. The van der Waals surface area contributed by atoms with E-state index in [1.807, 2.05) is 0 Å². The summed E-state index contributed by atoms with van der Waals surface area (Å²) in [5.74, 6) is -0.728. The normalized spacial score (nSPS) is 24.1. The van der Waals surface area contributed by atoms with Crippen LogP contribution in [0.3, 0.4) is 0 Å². The third-order valence-corrected chi connectivity index (χ3v) is 2.42. The summed E-state index contributed by atoms with van der Waals surface area (Å²) in [5, 5.41) is 8.65. The van der Waals surface area contributed by atoms with Crippen molar-refractivity contribution in [3.63, 3.8) is 0 Å². The Hall–Kier alpha value is -0.610. The maximum absolute atomic E-state index is 10.5. The van der Waals surface area contributed by atoms with Gasteiger partial charge in [0.15, 0.2) is 0 Å². The lowest BCUT2D eigenvalue weighted by Gasteiger charge is -2.36. The molecule has 1 saturated carbocycles. The average Bonchev–Trinajstić information content (AvgIpc) is 2.60. The van der Waals surface area contributed by atoms with Crippen molar-refractivity contribution in [3.05, 3.63) is 0 Å². The number of hydrogen-bond donors (Lipinski definition) is 1. The molecule has 0 aromatic rings. The quantitative estimate of drug-likeness (QED) is 0.643. The molecule has 12 heavy (non-hydrogen) atoms. The highest BCUT2D eigenvalue weighted by Crippen LogP contribution is 2.30. The van der Waals surface area contributed by atoms with Crippen molar-refractivity contribution in [1.82, 2.24) is 4.90 Å². The fourth-order valence-electron chi connectivity index (χ4n) is 1.53. The van der Waals surface area contributed by atoms with E-state index in [9.17, 15) is 4.79 Å². The van der Waals surface area contributed by atoms with Gasteiger partial charge < -0.3 is 9.84 Å². The van der Waals surface area contributed by atoms with Crippen LogP contribution in [0, 0.1) is 0 Å². The van der Waals surface area contributed by atoms with Crippen LogP contribution in [0.2, 0.25) is 0 Å². The number of ether oxygens (including phenoxy) is 1. The lowest BCUT2D eigenvalue weighted by molar-refractivity contribution is -0.142. The standard InChI is InChI=1S/C8H13NO3/c10-8(11)3-9(6-1-2-6)7-4-12-5-7/h6-7H,1-5H2,(H,10,11). The Balaban J connectivity index is 1.87. The Morgan fingerprint density at radius 1 is 1.42 bits per heavy atom. The highest BCUT2D eigenvalue weighted by molar-refractivity contribution is 5.69. The number of carboxylic acids is 1. The summed E-state index contributed by atoms with van der Waals surface area (Å²) < 4.78 is 5.04. The zero-order valence-corrected chi connectivity index (χ0v) is 6.90. The van der Waals surface area contributed by atoms with Crippen molar-refractivity contribution >= 4 is 5.97 Å². The molecule has 0 spiro atoms. The first-order valence-electron chi connectivity index (χ1n) is 4.32. The summed E-state index contributed by atoms with van der Waals surface area (Å²) in [6.07, 6.45) is 2.31. The van der Waals surface area contributed by atoms with Gasteiger partial charge in [-0.1, -0.05) is 0 Å². The summed E-state index contributed by atoms with van der Waals surface area (Å²) in [5.41, 5.74) is 0. The molecule has 0 aromatic carbocycles. The van der Waals surface area contributed by atoms with E-state index in [1.54, 1.807) is 0 Å². The zero-order chi connectivity index (χ0) is 8.55. The summed E-state index contributed by atoms with van der Waals surface area (Å²) in [6, 6.07) is 0.892. The second-order valence-corrected chi connectivity index (χ2v) is 3.49. The van der Waals surface area contributed by atoms with Gasteiger partial charge in [-0.2, -0.15) is 0 Å².